The Labute approximate surface area is 124 Å². The summed E-state index contributed by atoms with van der Waals surface area (Å²) in [6.07, 6.45) is 4.23. The van der Waals surface area contributed by atoms with Gasteiger partial charge in [-0.2, -0.15) is 0 Å². The molecule has 6 heteroatoms. The van der Waals surface area contributed by atoms with E-state index in [9.17, 15) is 4.79 Å². The van der Waals surface area contributed by atoms with E-state index in [2.05, 4.69) is 29.1 Å². The van der Waals surface area contributed by atoms with Gasteiger partial charge in [-0.3, -0.25) is 4.98 Å². The zero-order chi connectivity index (χ0) is 15.2. The molecule has 2 aromatic heterocycles. The van der Waals surface area contributed by atoms with Crippen LogP contribution in [0.3, 0.4) is 0 Å². The molecule has 0 spiro atoms. The number of pyridine rings is 1. The van der Waals surface area contributed by atoms with Crippen LogP contribution in [-0.4, -0.2) is 32.6 Å². The third-order valence-electron chi connectivity index (χ3n) is 2.96. The van der Waals surface area contributed by atoms with E-state index in [-0.39, 0.29) is 0 Å². The van der Waals surface area contributed by atoms with Gasteiger partial charge in [0.1, 0.15) is 0 Å². The summed E-state index contributed by atoms with van der Waals surface area (Å²) in [6.45, 7) is 6.84. The van der Waals surface area contributed by atoms with Crippen LogP contribution < -0.4 is 0 Å². The second-order valence-electron chi connectivity index (χ2n) is 5.22. The number of hydrogen-bond acceptors (Lipinski definition) is 5. The highest BCUT2D eigenvalue weighted by Gasteiger charge is 2.21. The van der Waals surface area contributed by atoms with Gasteiger partial charge in [-0.1, -0.05) is 25.1 Å². The van der Waals surface area contributed by atoms with E-state index in [0.717, 1.165) is 17.7 Å². The standard InChI is InChI=1S/C15H20N4O2/c1-4-21-15(20)14-13(8-11(2)3)19(18-17-14)10-12-6-5-7-16-9-12/h5-7,9,11H,4,8,10H2,1-3H3. The molecule has 0 aromatic carbocycles. The minimum absolute atomic E-state index is 0.314. The molecule has 0 saturated heterocycles. The predicted octanol–water partition coefficient (Wildman–Crippen LogP) is 2.10. The summed E-state index contributed by atoms with van der Waals surface area (Å²) in [6, 6.07) is 3.85. The van der Waals surface area contributed by atoms with Crippen molar-refractivity contribution in [3.63, 3.8) is 0 Å². The Kier molecular flexibility index (Phi) is 5.03. The van der Waals surface area contributed by atoms with Crippen molar-refractivity contribution in [3.05, 3.63) is 41.5 Å². The average molecular weight is 288 g/mol. The lowest BCUT2D eigenvalue weighted by atomic mass is 10.1. The molecule has 0 saturated carbocycles. The van der Waals surface area contributed by atoms with E-state index in [4.69, 9.17) is 4.74 Å². The number of esters is 1. The first kappa shape index (κ1) is 15.2. The number of carbonyl (C=O) groups is 1. The summed E-state index contributed by atoms with van der Waals surface area (Å²) < 4.78 is 6.80. The van der Waals surface area contributed by atoms with Crippen LogP contribution >= 0.6 is 0 Å². The molecule has 0 amide bonds. The molecular weight excluding hydrogens is 268 g/mol. The van der Waals surface area contributed by atoms with Gasteiger partial charge in [-0.25, -0.2) is 9.48 Å². The summed E-state index contributed by atoms with van der Waals surface area (Å²) >= 11 is 0. The Morgan fingerprint density at radius 1 is 1.43 bits per heavy atom. The summed E-state index contributed by atoms with van der Waals surface area (Å²) in [7, 11) is 0. The van der Waals surface area contributed by atoms with Gasteiger partial charge in [0.2, 0.25) is 0 Å². The van der Waals surface area contributed by atoms with Crippen molar-refractivity contribution >= 4 is 5.97 Å². The molecule has 0 aliphatic rings. The second kappa shape index (κ2) is 6.97. The fraction of sp³-hybridized carbons (Fsp3) is 0.467. The highest BCUT2D eigenvalue weighted by Crippen LogP contribution is 2.14. The van der Waals surface area contributed by atoms with Crippen molar-refractivity contribution in [2.75, 3.05) is 6.61 Å². The Morgan fingerprint density at radius 3 is 2.86 bits per heavy atom. The molecule has 2 rings (SSSR count). The van der Waals surface area contributed by atoms with Gasteiger partial charge in [-0.15, -0.1) is 5.10 Å². The number of hydrogen-bond donors (Lipinski definition) is 0. The minimum Gasteiger partial charge on any atom is -0.461 e. The molecule has 2 heterocycles. The Bertz CT molecular complexity index is 593. The molecule has 6 nitrogen and oxygen atoms in total. The van der Waals surface area contributed by atoms with E-state index < -0.39 is 5.97 Å². The first-order valence-electron chi connectivity index (χ1n) is 7.10. The third kappa shape index (κ3) is 3.87. The highest BCUT2D eigenvalue weighted by molar-refractivity contribution is 5.88. The van der Waals surface area contributed by atoms with Crippen LogP contribution in [0.15, 0.2) is 24.5 Å². The minimum atomic E-state index is -0.411. The monoisotopic (exact) mass is 288 g/mol. The van der Waals surface area contributed by atoms with E-state index >= 15 is 0 Å². The number of aromatic nitrogens is 4. The van der Waals surface area contributed by atoms with Crippen LogP contribution in [0.2, 0.25) is 0 Å². The summed E-state index contributed by atoms with van der Waals surface area (Å²) in [5.74, 6) is -0.0186. The molecule has 0 unspecified atom stereocenters. The highest BCUT2D eigenvalue weighted by atomic mass is 16.5. The molecule has 0 aliphatic carbocycles. The van der Waals surface area contributed by atoms with Crippen LogP contribution in [-0.2, 0) is 17.7 Å². The summed E-state index contributed by atoms with van der Waals surface area (Å²) in [5, 5.41) is 8.11. The fourth-order valence-corrected chi connectivity index (χ4v) is 2.07. The van der Waals surface area contributed by atoms with Crippen LogP contribution in [0.1, 0.15) is 42.5 Å². The maximum atomic E-state index is 12.0. The van der Waals surface area contributed by atoms with Crippen molar-refractivity contribution in [2.45, 2.75) is 33.7 Å². The smallest absolute Gasteiger partial charge is 0.360 e. The van der Waals surface area contributed by atoms with E-state index in [1.807, 2.05) is 12.1 Å². The number of ether oxygens (including phenoxy) is 1. The normalized spacial score (nSPS) is 10.9. The number of nitrogens with zero attached hydrogens (tertiary/aromatic N) is 4. The zero-order valence-corrected chi connectivity index (χ0v) is 12.6. The maximum absolute atomic E-state index is 12.0. The molecule has 112 valence electrons. The van der Waals surface area contributed by atoms with Crippen molar-refractivity contribution < 1.29 is 9.53 Å². The Balaban J connectivity index is 2.30. The summed E-state index contributed by atoms with van der Waals surface area (Å²) in [5.41, 5.74) is 2.14. The SMILES string of the molecule is CCOC(=O)c1nnn(Cc2cccnc2)c1CC(C)C. The maximum Gasteiger partial charge on any atom is 0.360 e. The Morgan fingerprint density at radius 2 is 2.24 bits per heavy atom. The van der Waals surface area contributed by atoms with E-state index in [1.165, 1.54) is 0 Å². The van der Waals surface area contributed by atoms with E-state index in [0.29, 0.717) is 24.8 Å². The van der Waals surface area contributed by atoms with Crippen LogP contribution in [0, 0.1) is 5.92 Å². The lowest BCUT2D eigenvalue weighted by molar-refractivity contribution is 0.0517. The van der Waals surface area contributed by atoms with Crippen molar-refractivity contribution in [3.8, 4) is 0 Å². The van der Waals surface area contributed by atoms with Gasteiger partial charge in [-0.05, 0) is 30.9 Å². The molecule has 0 fully saturated rings. The van der Waals surface area contributed by atoms with Gasteiger partial charge >= 0.3 is 5.97 Å². The van der Waals surface area contributed by atoms with Gasteiger partial charge in [0.15, 0.2) is 5.69 Å². The van der Waals surface area contributed by atoms with Crippen molar-refractivity contribution in [1.82, 2.24) is 20.0 Å². The number of rotatable bonds is 6. The van der Waals surface area contributed by atoms with Gasteiger partial charge in [0.05, 0.1) is 18.8 Å². The van der Waals surface area contributed by atoms with Crippen molar-refractivity contribution in [2.24, 2.45) is 5.92 Å². The van der Waals surface area contributed by atoms with Gasteiger partial charge < -0.3 is 4.74 Å². The summed E-state index contributed by atoms with van der Waals surface area (Å²) in [4.78, 5) is 16.1. The molecular formula is C15H20N4O2. The lowest BCUT2D eigenvalue weighted by Crippen LogP contribution is -2.13. The molecule has 0 atom stereocenters. The molecule has 0 bridgehead atoms. The quantitative estimate of drug-likeness (QED) is 0.761. The van der Waals surface area contributed by atoms with Crippen LogP contribution in [0.5, 0.6) is 0 Å². The van der Waals surface area contributed by atoms with E-state index in [1.54, 1.807) is 24.0 Å². The molecule has 21 heavy (non-hydrogen) atoms. The topological polar surface area (TPSA) is 69.9 Å². The second-order valence-corrected chi connectivity index (χ2v) is 5.22. The first-order chi connectivity index (χ1) is 10.1. The predicted molar refractivity (Wildman–Crippen MR) is 77.9 cm³/mol. The lowest BCUT2D eigenvalue weighted by Gasteiger charge is -2.10. The van der Waals surface area contributed by atoms with Gasteiger partial charge in [0, 0.05) is 12.4 Å². The molecule has 0 aliphatic heterocycles. The fourth-order valence-electron chi connectivity index (χ4n) is 2.07. The Hall–Kier alpha value is -2.24. The van der Waals surface area contributed by atoms with Crippen LogP contribution in [0.4, 0.5) is 0 Å². The molecule has 0 radical (unpaired) electrons. The third-order valence-corrected chi connectivity index (χ3v) is 2.96. The molecule has 2 aromatic rings. The molecule has 0 N–H and O–H groups in total. The van der Waals surface area contributed by atoms with Crippen LogP contribution in [0.25, 0.3) is 0 Å². The largest absolute Gasteiger partial charge is 0.461 e. The average Bonchev–Trinajstić information content (AvgIpc) is 2.82. The number of carbonyl (C=O) groups excluding carboxylic acids is 1. The zero-order valence-electron chi connectivity index (χ0n) is 12.6. The van der Waals surface area contributed by atoms with Crippen molar-refractivity contribution in [1.29, 1.82) is 0 Å². The first-order valence-corrected chi connectivity index (χ1v) is 7.10. The van der Waals surface area contributed by atoms with Gasteiger partial charge in [0.25, 0.3) is 0 Å².